The van der Waals surface area contributed by atoms with Gasteiger partial charge >= 0.3 is 11.9 Å². The molecule has 0 aromatic heterocycles. The zero-order chi connectivity index (χ0) is 15.4. The molecule has 6 heteroatoms. The summed E-state index contributed by atoms with van der Waals surface area (Å²) < 4.78 is 0. The average molecular weight is 284 g/mol. The molecular formula is C15H12N2O4. The van der Waals surface area contributed by atoms with E-state index in [4.69, 9.17) is 16.6 Å². The van der Waals surface area contributed by atoms with Gasteiger partial charge in [-0.1, -0.05) is 6.07 Å². The van der Waals surface area contributed by atoms with Crippen LogP contribution in [0.2, 0.25) is 0 Å². The van der Waals surface area contributed by atoms with Gasteiger partial charge in [-0.15, -0.1) is 0 Å². The van der Waals surface area contributed by atoms with Gasteiger partial charge in [0.15, 0.2) is 5.54 Å². The highest BCUT2D eigenvalue weighted by Crippen LogP contribution is 2.29. The normalized spacial score (nSPS) is 22.6. The van der Waals surface area contributed by atoms with E-state index < -0.39 is 17.5 Å². The van der Waals surface area contributed by atoms with Gasteiger partial charge in [-0.3, -0.25) is 0 Å². The summed E-state index contributed by atoms with van der Waals surface area (Å²) in [7, 11) is 0. The molecule has 0 saturated heterocycles. The van der Waals surface area contributed by atoms with Gasteiger partial charge in [-0.05, 0) is 46.4 Å². The number of hydrogen-bond donors (Lipinski definition) is 4. The maximum absolute atomic E-state index is 11.3. The quantitative estimate of drug-likeness (QED) is 0.545. The first kappa shape index (κ1) is 13.1. The van der Waals surface area contributed by atoms with Crippen molar-refractivity contribution in [1.82, 2.24) is 0 Å². The van der Waals surface area contributed by atoms with E-state index in [1.807, 2.05) is 0 Å². The van der Waals surface area contributed by atoms with Crippen LogP contribution in [-0.2, 0) is 4.79 Å². The minimum Gasteiger partial charge on any atom is -0.479 e. The predicted molar refractivity (Wildman–Crippen MR) is 75.4 cm³/mol. The Bertz CT molecular complexity index is 879. The number of nitrogens with two attached hydrogens (primary N) is 2. The summed E-state index contributed by atoms with van der Waals surface area (Å²) in [6.45, 7) is 0. The molecule has 1 atom stereocenters. The second-order valence-electron chi connectivity index (χ2n) is 5.06. The minimum absolute atomic E-state index is 0.157. The number of benzene rings is 1. The van der Waals surface area contributed by atoms with Crippen LogP contribution in [0.25, 0.3) is 11.6 Å². The maximum Gasteiger partial charge on any atom is 0.335 e. The van der Waals surface area contributed by atoms with Crippen molar-refractivity contribution in [3.8, 4) is 0 Å². The fourth-order valence-corrected chi connectivity index (χ4v) is 2.63. The summed E-state index contributed by atoms with van der Waals surface area (Å²) in [6.07, 6.45) is 4.41. The summed E-state index contributed by atoms with van der Waals surface area (Å²) >= 11 is 0. The predicted octanol–water partition coefficient (Wildman–Crippen LogP) is -1.11. The van der Waals surface area contributed by atoms with Crippen LogP contribution < -0.4 is 21.9 Å². The Hall–Kier alpha value is -2.86. The van der Waals surface area contributed by atoms with Crippen LogP contribution >= 0.6 is 0 Å². The van der Waals surface area contributed by atoms with Gasteiger partial charge in [0.25, 0.3) is 0 Å². The third kappa shape index (κ3) is 1.85. The molecule has 0 amide bonds. The lowest BCUT2D eigenvalue weighted by Crippen LogP contribution is -2.46. The monoisotopic (exact) mass is 284 g/mol. The Balaban J connectivity index is 2.29. The maximum atomic E-state index is 11.3. The highest BCUT2D eigenvalue weighted by atomic mass is 16.4. The third-order valence-electron chi connectivity index (χ3n) is 3.62. The number of rotatable bonds is 2. The first-order valence-electron chi connectivity index (χ1n) is 6.15. The minimum atomic E-state index is -1.66. The zero-order valence-electron chi connectivity index (χ0n) is 10.8. The lowest BCUT2D eigenvalue weighted by Gasteiger charge is -2.24. The van der Waals surface area contributed by atoms with Crippen molar-refractivity contribution in [2.75, 3.05) is 0 Å². The van der Waals surface area contributed by atoms with Crippen LogP contribution in [0.5, 0.6) is 0 Å². The molecule has 1 unspecified atom stereocenters. The first-order valence-corrected chi connectivity index (χ1v) is 6.15. The number of aliphatic carboxylic acids is 1. The fourth-order valence-electron chi connectivity index (χ4n) is 2.63. The second-order valence-corrected chi connectivity index (χ2v) is 5.06. The van der Waals surface area contributed by atoms with Gasteiger partial charge < -0.3 is 21.7 Å². The Kier molecular flexibility index (Phi) is 2.54. The number of fused-ring (bicyclic) bond motifs is 2. The largest absolute Gasteiger partial charge is 0.479 e. The van der Waals surface area contributed by atoms with E-state index in [0.29, 0.717) is 16.4 Å². The zero-order valence-corrected chi connectivity index (χ0v) is 10.8. The van der Waals surface area contributed by atoms with Crippen molar-refractivity contribution in [2.24, 2.45) is 11.5 Å². The molecule has 0 saturated carbocycles. The molecule has 2 aliphatic carbocycles. The van der Waals surface area contributed by atoms with Crippen LogP contribution in [0.15, 0.2) is 41.6 Å². The number of allylic oxidation sites excluding steroid dienone is 1. The molecule has 0 aliphatic heterocycles. The molecule has 2 aliphatic rings. The summed E-state index contributed by atoms with van der Waals surface area (Å²) in [5.41, 5.74) is 11.8. The van der Waals surface area contributed by atoms with Crippen LogP contribution in [0.4, 0.5) is 0 Å². The van der Waals surface area contributed by atoms with E-state index in [1.54, 1.807) is 12.1 Å². The number of carboxylic acids is 2. The van der Waals surface area contributed by atoms with Gasteiger partial charge in [-0.25, -0.2) is 9.59 Å². The molecule has 0 radical (unpaired) electrons. The van der Waals surface area contributed by atoms with Gasteiger partial charge in [0.1, 0.15) is 0 Å². The standard InChI is InChI=1S/C15H12N2O4/c16-11-6-15(17,14(20)21)5-9-4-8-3-7(13(18)19)1-2-10(8)12(9)11/h1-6H,16-17H2,(H,18,19)(H,20,21). The van der Waals surface area contributed by atoms with Gasteiger partial charge in [0.2, 0.25) is 0 Å². The highest BCUT2D eigenvalue weighted by molar-refractivity contribution is 5.98. The fraction of sp³-hybridized carbons (Fsp3) is 0.0667. The van der Waals surface area contributed by atoms with E-state index in [0.717, 1.165) is 5.22 Å². The van der Waals surface area contributed by atoms with E-state index in [1.165, 1.54) is 24.3 Å². The lowest BCUT2D eigenvalue weighted by atomic mass is 9.86. The molecule has 3 rings (SSSR count). The molecule has 0 fully saturated rings. The van der Waals surface area contributed by atoms with Crippen LogP contribution in [0, 0.1) is 0 Å². The summed E-state index contributed by atoms with van der Waals surface area (Å²) in [6, 6.07) is 4.67. The molecule has 1 aromatic rings. The Labute approximate surface area is 119 Å². The smallest absolute Gasteiger partial charge is 0.335 e. The third-order valence-corrected chi connectivity index (χ3v) is 3.62. The molecule has 6 N–H and O–H groups in total. The van der Waals surface area contributed by atoms with Crippen LogP contribution in [-0.4, -0.2) is 27.7 Å². The van der Waals surface area contributed by atoms with Gasteiger partial charge in [0.05, 0.1) is 5.56 Å². The summed E-state index contributed by atoms with van der Waals surface area (Å²) in [5, 5.41) is 19.7. The molecular weight excluding hydrogens is 272 g/mol. The Morgan fingerprint density at radius 1 is 1.14 bits per heavy atom. The molecule has 0 bridgehead atoms. The number of carbonyl (C=O) groups is 2. The van der Waals surface area contributed by atoms with Crippen molar-refractivity contribution in [1.29, 1.82) is 0 Å². The first-order chi connectivity index (χ1) is 9.82. The average Bonchev–Trinajstić information content (AvgIpc) is 2.74. The van der Waals surface area contributed by atoms with Crippen molar-refractivity contribution < 1.29 is 19.8 Å². The second kappa shape index (κ2) is 4.07. The van der Waals surface area contributed by atoms with E-state index >= 15 is 0 Å². The molecule has 0 spiro atoms. The Morgan fingerprint density at radius 3 is 2.48 bits per heavy atom. The number of carboxylic acid groups (broad SMARTS) is 2. The van der Waals surface area contributed by atoms with Crippen molar-refractivity contribution in [2.45, 2.75) is 5.54 Å². The SMILES string of the molecule is NC1=CC(N)(C(=O)O)C=C2C=c3cc(C(=O)O)ccc3=C12. The molecule has 106 valence electrons. The van der Waals surface area contributed by atoms with Crippen molar-refractivity contribution in [3.05, 3.63) is 57.6 Å². The lowest BCUT2D eigenvalue weighted by molar-refractivity contribution is -0.139. The summed E-state index contributed by atoms with van der Waals surface area (Å²) in [5.74, 6) is -2.23. The molecule has 6 nitrogen and oxygen atoms in total. The molecule has 1 aromatic carbocycles. The summed E-state index contributed by atoms with van der Waals surface area (Å²) in [4.78, 5) is 22.3. The van der Waals surface area contributed by atoms with Crippen LogP contribution in [0.3, 0.4) is 0 Å². The topological polar surface area (TPSA) is 127 Å². The van der Waals surface area contributed by atoms with Crippen LogP contribution in [0.1, 0.15) is 10.4 Å². The van der Waals surface area contributed by atoms with Gasteiger partial charge in [-0.2, -0.15) is 0 Å². The van der Waals surface area contributed by atoms with Crippen molar-refractivity contribution >= 4 is 23.6 Å². The molecule has 0 heterocycles. The number of aromatic carboxylic acids is 1. The van der Waals surface area contributed by atoms with E-state index in [-0.39, 0.29) is 11.3 Å². The van der Waals surface area contributed by atoms with E-state index in [9.17, 15) is 14.7 Å². The Morgan fingerprint density at radius 2 is 1.86 bits per heavy atom. The molecule has 21 heavy (non-hydrogen) atoms. The number of hydrogen-bond acceptors (Lipinski definition) is 4. The highest BCUT2D eigenvalue weighted by Gasteiger charge is 2.35. The van der Waals surface area contributed by atoms with E-state index in [2.05, 4.69) is 0 Å². The van der Waals surface area contributed by atoms with Crippen molar-refractivity contribution in [3.63, 3.8) is 0 Å². The van der Waals surface area contributed by atoms with Gasteiger partial charge in [0, 0.05) is 11.3 Å².